The van der Waals surface area contributed by atoms with Gasteiger partial charge in [0.15, 0.2) is 0 Å². The Balaban J connectivity index is 0.00000504. The zero-order valence-corrected chi connectivity index (χ0v) is 32.5. The van der Waals surface area contributed by atoms with Crippen molar-refractivity contribution < 1.29 is 24.2 Å². The first kappa shape index (κ1) is 38.1. The third-order valence-electron chi connectivity index (χ3n) is 11.1. The number of ether oxygens (including phenoxy) is 2. The van der Waals surface area contributed by atoms with Crippen molar-refractivity contribution in [2.45, 2.75) is 80.2 Å². The van der Waals surface area contributed by atoms with Crippen LogP contribution in [0.1, 0.15) is 91.9 Å². The summed E-state index contributed by atoms with van der Waals surface area (Å²) < 4.78 is 10.8. The van der Waals surface area contributed by atoms with E-state index in [0.29, 0.717) is 28.3 Å². The normalized spacial score (nSPS) is 22.9. The van der Waals surface area contributed by atoms with Crippen LogP contribution in [0.3, 0.4) is 0 Å². The van der Waals surface area contributed by atoms with Crippen molar-refractivity contribution >= 4 is 70.6 Å². The number of aliphatic hydroxyl groups excluding tert-OH is 1. The van der Waals surface area contributed by atoms with E-state index in [1.54, 1.807) is 0 Å². The second-order valence-electron chi connectivity index (χ2n) is 13.8. The summed E-state index contributed by atoms with van der Waals surface area (Å²) in [5.74, 6) is -2.11. The molecule has 1 aliphatic carbocycles. The molecule has 0 radical (unpaired) electrons. The van der Waals surface area contributed by atoms with Crippen molar-refractivity contribution in [3.05, 3.63) is 90.1 Å². The summed E-state index contributed by atoms with van der Waals surface area (Å²) >= 11 is 0. The van der Waals surface area contributed by atoms with Gasteiger partial charge in [-0.15, -0.1) is 22.4 Å². The molecule has 0 amide bonds. The maximum absolute atomic E-state index is 13.5. The number of hydrogen-bond acceptors (Lipinski definition) is 6. The van der Waals surface area contributed by atoms with Gasteiger partial charge in [0.05, 0.1) is 13.2 Å². The summed E-state index contributed by atoms with van der Waals surface area (Å²) in [4.78, 5) is 40.3. The molecule has 0 saturated carbocycles. The van der Waals surface area contributed by atoms with Crippen molar-refractivity contribution in [1.82, 2.24) is 20.3 Å². The van der Waals surface area contributed by atoms with Crippen LogP contribution >= 0.6 is 0 Å². The molecule has 6 rings (SSSR count). The largest absolute Gasteiger partial charge is 2.00 e. The molecule has 8 bridgehead atoms. The number of aromatic amines is 1. The molecule has 3 aliphatic rings. The fourth-order valence-electron chi connectivity index (χ4n) is 7.89. The molecule has 2 aliphatic heterocycles. The summed E-state index contributed by atoms with van der Waals surface area (Å²) in [6, 6.07) is -0.431. The maximum Gasteiger partial charge on any atom is 2.00 e. The average molecular weight is 701 g/mol. The number of esters is 2. The monoisotopic (exact) mass is 700 g/mol. The van der Waals surface area contributed by atoms with Crippen molar-refractivity contribution in [3.8, 4) is 0 Å². The number of rotatable bonds is 9. The van der Waals surface area contributed by atoms with Gasteiger partial charge in [-0.1, -0.05) is 68.4 Å². The van der Waals surface area contributed by atoms with Crippen LogP contribution in [0.25, 0.3) is 35.6 Å². The average Bonchev–Trinajstić information content (AvgIpc) is 3.84. The molecular weight excluding hydrogens is 653 g/mol. The fraction of sp³-hybridized carbons (Fsp3) is 0.415. The minimum atomic E-state index is -1.03. The van der Waals surface area contributed by atoms with Gasteiger partial charge in [0.1, 0.15) is 18.3 Å². The van der Waals surface area contributed by atoms with Crippen LogP contribution in [0, 0.1) is 38.5 Å². The molecule has 3 aromatic heterocycles. The van der Waals surface area contributed by atoms with Crippen molar-refractivity contribution in [2.75, 3.05) is 13.7 Å². The molecular formula is C41H48MgN4O5. The van der Waals surface area contributed by atoms with Gasteiger partial charge >= 0.3 is 35.0 Å². The summed E-state index contributed by atoms with van der Waals surface area (Å²) in [6.07, 6.45) is 12.4. The second-order valence-corrected chi connectivity index (χ2v) is 13.8. The molecule has 1 saturated heterocycles. The Morgan fingerprint density at radius 3 is 2.39 bits per heavy atom. The number of allylic oxidation sites excluding steroid dienone is 2. The van der Waals surface area contributed by atoms with Crippen molar-refractivity contribution in [1.29, 1.82) is 0 Å². The second kappa shape index (κ2) is 15.2. The Labute approximate surface area is 315 Å². The van der Waals surface area contributed by atoms with Gasteiger partial charge in [0.25, 0.3) is 0 Å². The van der Waals surface area contributed by atoms with E-state index in [-0.39, 0.29) is 59.6 Å². The number of nitrogens with one attached hydrogen (secondary N) is 2. The topological polar surface area (TPSA) is 129 Å². The van der Waals surface area contributed by atoms with Gasteiger partial charge in [-0.25, -0.2) is 0 Å². The minimum Gasteiger partial charge on any atom is -0.657 e. The van der Waals surface area contributed by atoms with Crippen molar-refractivity contribution in [3.63, 3.8) is 0 Å². The first-order chi connectivity index (χ1) is 23.9. The molecule has 3 N–H and O–H groups in total. The van der Waals surface area contributed by atoms with Crippen LogP contribution in [-0.2, 0) is 25.5 Å². The zero-order chi connectivity index (χ0) is 36.0. The number of hydrogen-bond donors (Lipinski definition) is 3. The van der Waals surface area contributed by atoms with E-state index in [1.165, 1.54) is 18.2 Å². The molecule has 3 aromatic rings. The van der Waals surface area contributed by atoms with Crippen LogP contribution in [-0.4, -0.2) is 64.8 Å². The number of H-pyrrole nitrogens is 1. The van der Waals surface area contributed by atoms with E-state index in [9.17, 15) is 14.7 Å². The predicted molar refractivity (Wildman–Crippen MR) is 202 cm³/mol. The van der Waals surface area contributed by atoms with Gasteiger partial charge in [-0.3, -0.25) is 9.59 Å². The number of nitrogens with zero attached hydrogens (tertiary/aromatic N) is 2. The summed E-state index contributed by atoms with van der Waals surface area (Å²) in [6.45, 7) is 18.8. The molecule has 1 unspecified atom stereocenters. The molecule has 5 heterocycles. The van der Waals surface area contributed by atoms with Crippen LogP contribution in [0.15, 0.2) is 23.9 Å². The Bertz CT molecular complexity index is 2210. The van der Waals surface area contributed by atoms with E-state index in [0.717, 1.165) is 62.9 Å². The number of aromatic nitrogens is 3. The summed E-state index contributed by atoms with van der Waals surface area (Å²) in [7, 11) is 1.33. The van der Waals surface area contributed by atoms with Crippen LogP contribution in [0.5, 0.6) is 0 Å². The standard InChI is InChI=1S/C41H48N4O5.Mg/c1-10-20(4)15-16-50-34(46)14-13-27-23(7)30-17-28-21(5)25(11-2)32(42-28)18-29-22(6)26(12-3)33(43-29)19-31-24(8)35-39(45-31)36(38(27)44-30)37(40(35)47)41(48)49-9;/h11,15,17-19,23,27,37-38,43-44,47H,2,10,12-14,16H2,1,3-9H3;/q-2;+2/b20-15-,29-18-,30-17-,33-19-;/t23-,27-,37+,38?;/m0./s1. The molecule has 10 heteroatoms. The zero-order valence-electron chi connectivity index (χ0n) is 31.1. The van der Waals surface area contributed by atoms with Gasteiger partial charge in [-0.05, 0) is 81.2 Å². The molecule has 1 fully saturated rings. The number of carbonyl (C=O) groups excluding carboxylic acids is 2. The maximum atomic E-state index is 13.5. The van der Waals surface area contributed by atoms with Crippen LogP contribution in [0.2, 0.25) is 0 Å². The third kappa shape index (κ3) is 6.68. The Kier molecular flexibility index (Phi) is 11.4. The Morgan fingerprint density at radius 1 is 1.02 bits per heavy atom. The van der Waals surface area contributed by atoms with Crippen molar-refractivity contribution in [2.24, 2.45) is 17.8 Å². The third-order valence-corrected chi connectivity index (χ3v) is 11.1. The van der Waals surface area contributed by atoms with Gasteiger partial charge in [-0.2, -0.15) is 0 Å². The van der Waals surface area contributed by atoms with Gasteiger partial charge in [0, 0.05) is 34.0 Å². The molecule has 4 atom stereocenters. The number of fused-ring (bicyclic) bond motifs is 8. The molecule has 9 nitrogen and oxygen atoms in total. The SMILES string of the molecule is C=Cc1c2[n-]c(c1C)/C=C1\NC(C3=c4[n-]c(c(C)c4=C(O)[C@@H]3C(=O)OC)/C=c3\[nH]/c(c(C)c3CC)=C\2)[C@@H](CCC(=O)OC/C=C(/C)CC)[C@@H]1C.[Mg+2]. The summed E-state index contributed by atoms with van der Waals surface area (Å²) in [5, 5.41) is 18.6. The number of aliphatic hydroxyl groups is 1. The Hall–Kier alpha value is -4.15. The number of carbonyl (C=O) groups is 2. The van der Waals surface area contributed by atoms with E-state index < -0.39 is 17.9 Å². The van der Waals surface area contributed by atoms with E-state index >= 15 is 0 Å². The fourth-order valence-corrected chi connectivity index (χ4v) is 7.89. The first-order valence-electron chi connectivity index (χ1n) is 17.6. The minimum absolute atomic E-state index is 0. The van der Waals surface area contributed by atoms with E-state index in [4.69, 9.17) is 19.4 Å². The molecule has 51 heavy (non-hydrogen) atoms. The van der Waals surface area contributed by atoms with Crippen LogP contribution in [0.4, 0.5) is 0 Å². The van der Waals surface area contributed by atoms with Gasteiger partial charge < -0.3 is 34.8 Å². The van der Waals surface area contributed by atoms with E-state index in [1.807, 2.05) is 32.1 Å². The summed E-state index contributed by atoms with van der Waals surface area (Å²) in [5.41, 5.74) is 10.2. The van der Waals surface area contributed by atoms with E-state index in [2.05, 4.69) is 63.7 Å². The smallest absolute Gasteiger partial charge is 0.657 e. The molecule has 0 aromatic carbocycles. The Morgan fingerprint density at radius 2 is 1.73 bits per heavy atom. The first-order valence-corrected chi connectivity index (χ1v) is 17.6. The quantitative estimate of drug-likeness (QED) is 0.177. The molecule has 264 valence electrons. The van der Waals surface area contributed by atoms with Crippen LogP contribution < -0.4 is 36.6 Å². The molecule has 0 spiro atoms. The van der Waals surface area contributed by atoms with Gasteiger partial charge in [0.2, 0.25) is 0 Å². The number of methoxy groups -OCH3 is 1. The predicted octanol–water partition coefficient (Wildman–Crippen LogP) is 3.21.